The number of likely N-dealkylation sites (N-methyl/N-ethyl adjacent to an activating group) is 1. The molecule has 6 heteroatoms. The molecule has 3 aliphatic rings. The van der Waals surface area contributed by atoms with Crippen LogP contribution in [0.15, 0.2) is 59.5 Å². The third-order valence-electron chi connectivity index (χ3n) is 8.13. The SMILES string of the molecule is COc1ccccc1/C=C1\SC2CCC(C(=O)N3CCC(Cc4ccccc4)CC3)CC2N(C)C1=O. The highest BCUT2D eigenvalue weighted by atomic mass is 32.2. The second-order valence-electron chi connectivity index (χ2n) is 10.4. The van der Waals surface area contributed by atoms with E-state index in [2.05, 4.69) is 35.2 Å². The minimum atomic E-state index is 0.0209. The fourth-order valence-corrected chi connectivity index (χ4v) is 7.48. The van der Waals surface area contributed by atoms with Gasteiger partial charge < -0.3 is 14.5 Å². The van der Waals surface area contributed by atoms with E-state index in [9.17, 15) is 9.59 Å². The molecule has 5 rings (SSSR count). The number of nitrogens with zero attached hydrogens (tertiary/aromatic N) is 2. The zero-order valence-electron chi connectivity index (χ0n) is 21.3. The van der Waals surface area contributed by atoms with Crippen molar-refractivity contribution in [1.29, 1.82) is 0 Å². The first kappa shape index (κ1) is 24.9. The van der Waals surface area contributed by atoms with Crippen LogP contribution in [0, 0.1) is 11.8 Å². The van der Waals surface area contributed by atoms with Crippen LogP contribution in [0.3, 0.4) is 0 Å². The van der Waals surface area contributed by atoms with Gasteiger partial charge in [-0.05, 0) is 62.1 Å². The van der Waals surface area contributed by atoms with Crippen molar-refractivity contribution in [3.63, 3.8) is 0 Å². The van der Waals surface area contributed by atoms with Gasteiger partial charge in [-0.15, -0.1) is 11.8 Å². The lowest BCUT2D eigenvalue weighted by molar-refractivity contribution is -0.140. The fourth-order valence-electron chi connectivity index (χ4n) is 6.01. The van der Waals surface area contributed by atoms with Crippen LogP contribution < -0.4 is 4.74 Å². The van der Waals surface area contributed by atoms with Crippen molar-refractivity contribution in [3.8, 4) is 5.75 Å². The maximum absolute atomic E-state index is 13.4. The highest BCUT2D eigenvalue weighted by Gasteiger charge is 2.43. The lowest BCUT2D eigenvalue weighted by atomic mass is 9.82. The Hall–Kier alpha value is -2.73. The summed E-state index contributed by atoms with van der Waals surface area (Å²) in [6.45, 7) is 1.71. The maximum Gasteiger partial charge on any atom is 0.260 e. The summed E-state index contributed by atoms with van der Waals surface area (Å²) in [5, 5.41) is 0.328. The molecule has 2 amide bonds. The predicted octanol–water partition coefficient (Wildman–Crippen LogP) is 5.26. The lowest BCUT2D eigenvalue weighted by Crippen LogP contribution is -2.53. The molecule has 1 aliphatic carbocycles. The van der Waals surface area contributed by atoms with E-state index >= 15 is 0 Å². The Morgan fingerprint density at radius 3 is 2.50 bits per heavy atom. The number of methoxy groups -OCH3 is 1. The number of amides is 2. The van der Waals surface area contributed by atoms with Gasteiger partial charge >= 0.3 is 0 Å². The normalized spacial score (nSPS) is 26.1. The second kappa shape index (κ2) is 11.1. The molecule has 0 N–H and O–H groups in total. The molecule has 1 saturated carbocycles. The van der Waals surface area contributed by atoms with Crippen LogP contribution in [0.5, 0.6) is 5.75 Å². The first-order valence-electron chi connectivity index (χ1n) is 13.1. The second-order valence-corrected chi connectivity index (χ2v) is 11.6. The van der Waals surface area contributed by atoms with Crippen molar-refractivity contribution in [2.45, 2.75) is 49.8 Å². The molecule has 190 valence electrons. The van der Waals surface area contributed by atoms with E-state index in [1.165, 1.54) is 5.56 Å². The van der Waals surface area contributed by atoms with Crippen molar-refractivity contribution < 1.29 is 14.3 Å². The standard InChI is InChI=1S/C30H36N2O3S/c1-31-25-19-24(29(33)32-16-14-22(15-17-32)18-21-8-4-3-5-9-21)12-13-27(25)36-28(30(31)34)20-23-10-6-7-11-26(23)35-2/h3-11,20,22,24-25,27H,12-19H2,1-2H3/b28-20-. The number of ether oxygens (including phenoxy) is 1. The van der Waals surface area contributed by atoms with Gasteiger partial charge in [-0.1, -0.05) is 48.5 Å². The molecule has 2 saturated heterocycles. The van der Waals surface area contributed by atoms with E-state index in [4.69, 9.17) is 4.74 Å². The molecule has 0 spiro atoms. The summed E-state index contributed by atoms with van der Waals surface area (Å²) in [5.41, 5.74) is 2.31. The van der Waals surface area contributed by atoms with Gasteiger partial charge in [0.1, 0.15) is 5.75 Å². The van der Waals surface area contributed by atoms with Gasteiger partial charge in [0.15, 0.2) is 0 Å². The van der Waals surface area contributed by atoms with Gasteiger partial charge in [0.25, 0.3) is 5.91 Å². The summed E-state index contributed by atoms with van der Waals surface area (Å²) in [6.07, 6.45) is 7.83. The van der Waals surface area contributed by atoms with E-state index < -0.39 is 0 Å². The van der Waals surface area contributed by atoms with Crippen LogP contribution in [0.4, 0.5) is 0 Å². The zero-order valence-corrected chi connectivity index (χ0v) is 22.1. The number of piperidine rings is 1. The number of benzene rings is 2. The van der Waals surface area contributed by atoms with Crippen molar-refractivity contribution in [2.24, 2.45) is 11.8 Å². The quantitative estimate of drug-likeness (QED) is 0.521. The number of carbonyl (C=O) groups excluding carboxylic acids is 2. The maximum atomic E-state index is 13.4. The van der Waals surface area contributed by atoms with Gasteiger partial charge in [0.05, 0.1) is 12.0 Å². The van der Waals surface area contributed by atoms with Crippen LogP contribution in [-0.2, 0) is 16.0 Å². The Morgan fingerprint density at radius 1 is 1.03 bits per heavy atom. The topological polar surface area (TPSA) is 49.9 Å². The molecule has 0 bridgehead atoms. The molecule has 2 aliphatic heterocycles. The molecule has 0 radical (unpaired) electrons. The third kappa shape index (κ3) is 5.34. The first-order chi connectivity index (χ1) is 17.5. The van der Waals surface area contributed by atoms with Crippen LogP contribution in [0.2, 0.25) is 0 Å². The molecule has 36 heavy (non-hydrogen) atoms. The molecular formula is C30H36N2O3S. The number of hydrogen-bond acceptors (Lipinski definition) is 4. The molecule has 3 atom stereocenters. The highest BCUT2D eigenvalue weighted by Crippen LogP contribution is 2.44. The summed E-state index contributed by atoms with van der Waals surface area (Å²) < 4.78 is 5.47. The van der Waals surface area contributed by atoms with Gasteiger partial charge in [0, 0.05) is 42.9 Å². The van der Waals surface area contributed by atoms with Crippen LogP contribution in [0.25, 0.3) is 6.08 Å². The van der Waals surface area contributed by atoms with Crippen LogP contribution >= 0.6 is 11.8 Å². The summed E-state index contributed by atoms with van der Waals surface area (Å²) in [4.78, 5) is 31.4. The molecule has 0 aromatic heterocycles. The van der Waals surface area contributed by atoms with E-state index in [1.807, 2.05) is 42.3 Å². The molecule has 3 fully saturated rings. The predicted molar refractivity (Wildman–Crippen MR) is 146 cm³/mol. The number of carbonyl (C=O) groups is 2. The Bertz CT molecular complexity index is 1110. The molecule has 2 aromatic carbocycles. The van der Waals surface area contributed by atoms with Crippen molar-refractivity contribution >= 4 is 29.7 Å². The third-order valence-corrected chi connectivity index (χ3v) is 9.53. The minimum absolute atomic E-state index is 0.0209. The number of hydrogen-bond donors (Lipinski definition) is 0. The smallest absolute Gasteiger partial charge is 0.260 e. The number of para-hydroxylation sites is 1. The summed E-state index contributed by atoms with van der Waals surface area (Å²) in [5.74, 6) is 1.78. The van der Waals surface area contributed by atoms with Crippen LogP contribution in [0.1, 0.15) is 43.2 Å². The minimum Gasteiger partial charge on any atom is -0.496 e. The average Bonchev–Trinajstić information content (AvgIpc) is 2.92. The Morgan fingerprint density at radius 2 is 1.75 bits per heavy atom. The molecular weight excluding hydrogens is 468 g/mol. The largest absolute Gasteiger partial charge is 0.496 e. The first-order valence-corrected chi connectivity index (χ1v) is 14.0. The van der Waals surface area contributed by atoms with E-state index in [0.29, 0.717) is 17.1 Å². The summed E-state index contributed by atoms with van der Waals surface area (Å²) in [7, 11) is 3.55. The number of rotatable bonds is 5. The summed E-state index contributed by atoms with van der Waals surface area (Å²) in [6, 6.07) is 18.6. The molecule has 5 nitrogen and oxygen atoms in total. The lowest BCUT2D eigenvalue weighted by Gasteiger charge is -2.45. The van der Waals surface area contributed by atoms with Crippen molar-refractivity contribution in [2.75, 3.05) is 27.2 Å². The van der Waals surface area contributed by atoms with E-state index in [0.717, 1.165) is 67.8 Å². The number of fused-ring (bicyclic) bond motifs is 1. The van der Waals surface area contributed by atoms with E-state index in [1.54, 1.807) is 18.9 Å². The number of thioether (sulfide) groups is 1. The van der Waals surface area contributed by atoms with Crippen LogP contribution in [-0.4, -0.2) is 60.2 Å². The average molecular weight is 505 g/mol. The fraction of sp³-hybridized carbons (Fsp3) is 0.467. The van der Waals surface area contributed by atoms with Gasteiger partial charge in [-0.25, -0.2) is 0 Å². The Balaban J connectivity index is 1.18. The van der Waals surface area contributed by atoms with E-state index in [-0.39, 0.29) is 17.9 Å². The van der Waals surface area contributed by atoms with Gasteiger partial charge in [0.2, 0.25) is 5.91 Å². The van der Waals surface area contributed by atoms with Gasteiger partial charge in [-0.2, -0.15) is 0 Å². The van der Waals surface area contributed by atoms with Crippen molar-refractivity contribution in [1.82, 2.24) is 9.80 Å². The summed E-state index contributed by atoms with van der Waals surface area (Å²) >= 11 is 1.68. The van der Waals surface area contributed by atoms with Crippen molar-refractivity contribution in [3.05, 3.63) is 70.6 Å². The van der Waals surface area contributed by atoms with Gasteiger partial charge in [-0.3, -0.25) is 9.59 Å². The number of likely N-dealkylation sites (tertiary alicyclic amines) is 1. The highest BCUT2D eigenvalue weighted by molar-refractivity contribution is 8.04. The molecule has 2 aromatic rings. The molecule has 2 heterocycles. The Labute approximate surface area is 218 Å². The zero-order chi connectivity index (χ0) is 25.1. The monoisotopic (exact) mass is 504 g/mol. The molecule has 3 unspecified atom stereocenters. The Kier molecular flexibility index (Phi) is 7.70.